The predicted molar refractivity (Wildman–Crippen MR) is 137 cm³/mol. The van der Waals surface area contributed by atoms with Gasteiger partial charge in [0.05, 0.1) is 23.9 Å². The molecule has 1 N–H and O–H groups in total. The first kappa shape index (κ1) is 27.8. The van der Waals surface area contributed by atoms with E-state index < -0.39 is 17.7 Å². The normalized spacial score (nSPS) is 13.0. The van der Waals surface area contributed by atoms with Gasteiger partial charge in [0.2, 0.25) is 5.88 Å². The fraction of sp³-hybridized carbons (Fsp3) is 0.464. The summed E-state index contributed by atoms with van der Waals surface area (Å²) >= 11 is 0. The van der Waals surface area contributed by atoms with E-state index in [-0.39, 0.29) is 18.0 Å². The Bertz CT molecular complexity index is 1130. The molecule has 0 saturated carbocycles. The van der Waals surface area contributed by atoms with E-state index >= 15 is 0 Å². The fourth-order valence-corrected chi connectivity index (χ4v) is 3.95. The van der Waals surface area contributed by atoms with Crippen LogP contribution >= 0.6 is 0 Å². The maximum atomic E-state index is 14.5. The van der Waals surface area contributed by atoms with E-state index in [0.29, 0.717) is 37.1 Å². The standard InChI is InChI=1S/C28H37F2N3O3/c1-19(2)15-33(16-22(34)18-35-28(3,4)5)17-23-26(20-10-8-7-9-11-20)31-32(6)27(23)36-25-13-12-21(29)14-24(25)30/h7-14,19,22,34H,15-18H2,1-6H3/t22-/m1/s1. The molecule has 0 aliphatic carbocycles. The number of hydrogen-bond acceptors (Lipinski definition) is 5. The second-order valence-corrected chi connectivity index (χ2v) is 10.5. The van der Waals surface area contributed by atoms with Crippen LogP contribution in [0, 0.1) is 17.6 Å². The van der Waals surface area contributed by atoms with Crippen LogP contribution in [0.25, 0.3) is 11.3 Å². The molecule has 0 aliphatic heterocycles. The van der Waals surface area contributed by atoms with Gasteiger partial charge in [0.1, 0.15) is 11.5 Å². The highest BCUT2D eigenvalue weighted by Gasteiger charge is 2.25. The first-order valence-electron chi connectivity index (χ1n) is 12.2. The average molecular weight is 502 g/mol. The Morgan fingerprint density at radius 3 is 2.36 bits per heavy atom. The average Bonchev–Trinajstić information content (AvgIpc) is 3.09. The third-order valence-corrected chi connectivity index (χ3v) is 5.42. The second-order valence-electron chi connectivity index (χ2n) is 10.5. The molecule has 3 aromatic rings. The number of aliphatic hydroxyl groups excluding tert-OH is 1. The molecule has 1 aromatic heterocycles. The Balaban J connectivity index is 1.97. The Labute approximate surface area is 212 Å². The largest absolute Gasteiger partial charge is 0.436 e. The topological polar surface area (TPSA) is 59.8 Å². The van der Waals surface area contributed by atoms with E-state index in [9.17, 15) is 13.9 Å². The van der Waals surface area contributed by atoms with Crippen LogP contribution in [0.3, 0.4) is 0 Å². The summed E-state index contributed by atoms with van der Waals surface area (Å²) in [6.45, 7) is 11.8. The maximum absolute atomic E-state index is 14.5. The van der Waals surface area contributed by atoms with Crippen molar-refractivity contribution in [1.82, 2.24) is 14.7 Å². The number of rotatable bonds is 11. The number of aromatic nitrogens is 2. The highest BCUT2D eigenvalue weighted by molar-refractivity contribution is 5.65. The van der Waals surface area contributed by atoms with Gasteiger partial charge in [0.15, 0.2) is 11.6 Å². The van der Waals surface area contributed by atoms with Gasteiger partial charge in [-0.1, -0.05) is 44.2 Å². The summed E-state index contributed by atoms with van der Waals surface area (Å²) in [5.74, 6) is -0.874. The summed E-state index contributed by atoms with van der Waals surface area (Å²) in [7, 11) is 1.73. The lowest BCUT2D eigenvalue weighted by Gasteiger charge is -2.28. The van der Waals surface area contributed by atoms with Crippen LogP contribution in [0.4, 0.5) is 8.78 Å². The van der Waals surface area contributed by atoms with Crippen LogP contribution in [0.5, 0.6) is 11.6 Å². The van der Waals surface area contributed by atoms with Crippen molar-refractivity contribution in [2.75, 3.05) is 19.7 Å². The zero-order chi connectivity index (χ0) is 26.5. The van der Waals surface area contributed by atoms with Crippen molar-refractivity contribution in [3.05, 3.63) is 65.7 Å². The van der Waals surface area contributed by atoms with Crippen molar-refractivity contribution in [2.45, 2.75) is 52.9 Å². The third-order valence-electron chi connectivity index (χ3n) is 5.42. The number of hydrogen-bond donors (Lipinski definition) is 1. The lowest BCUT2D eigenvalue weighted by atomic mass is 10.1. The third kappa shape index (κ3) is 7.85. The minimum atomic E-state index is -0.794. The molecule has 0 saturated heterocycles. The van der Waals surface area contributed by atoms with Gasteiger partial charge in [-0.2, -0.15) is 5.10 Å². The molecule has 0 fully saturated rings. The SMILES string of the molecule is CC(C)CN(Cc1c(-c2ccccc2)nn(C)c1Oc1ccc(F)cc1F)C[C@@H](O)COC(C)(C)C. The smallest absolute Gasteiger partial charge is 0.222 e. The maximum Gasteiger partial charge on any atom is 0.222 e. The lowest BCUT2D eigenvalue weighted by molar-refractivity contribution is -0.0573. The first-order chi connectivity index (χ1) is 16.9. The van der Waals surface area contributed by atoms with Crippen molar-refractivity contribution in [1.29, 1.82) is 0 Å². The molecular formula is C28H37F2N3O3. The van der Waals surface area contributed by atoms with Crippen LogP contribution in [0.1, 0.15) is 40.2 Å². The number of benzene rings is 2. The fourth-order valence-electron chi connectivity index (χ4n) is 3.95. The molecule has 1 heterocycles. The molecule has 0 bridgehead atoms. The minimum Gasteiger partial charge on any atom is -0.436 e. The molecular weight excluding hydrogens is 464 g/mol. The van der Waals surface area contributed by atoms with Crippen LogP contribution in [0.2, 0.25) is 0 Å². The molecule has 196 valence electrons. The van der Waals surface area contributed by atoms with Gasteiger partial charge < -0.3 is 14.6 Å². The molecule has 1 atom stereocenters. The molecule has 2 aromatic carbocycles. The number of aliphatic hydroxyl groups is 1. The quantitative estimate of drug-likeness (QED) is 0.360. The second kappa shape index (κ2) is 12.0. The van der Waals surface area contributed by atoms with Gasteiger partial charge in [-0.15, -0.1) is 0 Å². The van der Waals surface area contributed by atoms with E-state index in [1.165, 1.54) is 6.07 Å². The van der Waals surface area contributed by atoms with E-state index in [1.54, 1.807) is 11.7 Å². The summed E-state index contributed by atoms with van der Waals surface area (Å²) < 4.78 is 41.3. The number of ether oxygens (including phenoxy) is 2. The van der Waals surface area contributed by atoms with Crippen LogP contribution < -0.4 is 4.74 Å². The van der Waals surface area contributed by atoms with Crippen molar-refractivity contribution in [3.8, 4) is 22.9 Å². The Hall–Kier alpha value is -2.81. The molecule has 3 rings (SSSR count). The van der Waals surface area contributed by atoms with Crippen LogP contribution in [0.15, 0.2) is 48.5 Å². The molecule has 0 radical (unpaired) electrons. The highest BCUT2D eigenvalue weighted by atomic mass is 19.1. The van der Waals surface area contributed by atoms with Crippen LogP contribution in [-0.4, -0.2) is 51.2 Å². The van der Waals surface area contributed by atoms with E-state index in [2.05, 4.69) is 23.8 Å². The summed E-state index contributed by atoms with van der Waals surface area (Å²) in [4.78, 5) is 2.12. The molecule has 0 unspecified atom stereocenters. The predicted octanol–water partition coefficient (Wildman–Crippen LogP) is 5.79. The molecule has 0 aliphatic rings. The summed E-state index contributed by atoms with van der Waals surface area (Å²) in [5, 5.41) is 15.4. The minimum absolute atomic E-state index is 0.0886. The molecule has 0 amide bonds. The summed E-state index contributed by atoms with van der Waals surface area (Å²) in [6, 6.07) is 12.9. The zero-order valence-corrected chi connectivity index (χ0v) is 22.0. The summed E-state index contributed by atoms with van der Waals surface area (Å²) in [6.07, 6.45) is -0.696. The van der Waals surface area contributed by atoms with Gasteiger partial charge in [0.25, 0.3) is 0 Å². The summed E-state index contributed by atoms with van der Waals surface area (Å²) in [5.41, 5.74) is 1.98. The number of aryl methyl sites for hydroxylation is 1. The van der Waals surface area contributed by atoms with Gasteiger partial charge in [-0.25, -0.2) is 13.5 Å². The van der Waals surface area contributed by atoms with Gasteiger partial charge in [-0.05, 0) is 38.8 Å². The van der Waals surface area contributed by atoms with E-state index in [0.717, 1.165) is 23.3 Å². The van der Waals surface area contributed by atoms with Gasteiger partial charge in [0, 0.05) is 38.3 Å². The lowest BCUT2D eigenvalue weighted by Crippen LogP contribution is -2.38. The monoisotopic (exact) mass is 501 g/mol. The van der Waals surface area contributed by atoms with Crippen molar-refractivity contribution in [3.63, 3.8) is 0 Å². The van der Waals surface area contributed by atoms with Gasteiger partial charge >= 0.3 is 0 Å². The highest BCUT2D eigenvalue weighted by Crippen LogP contribution is 2.35. The van der Waals surface area contributed by atoms with Crippen molar-refractivity contribution < 1.29 is 23.4 Å². The first-order valence-corrected chi connectivity index (χ1v) is 12.2. The molecule has 0 spiro atoms. The van der Waals surface area contributed by atoms with Gasteiger partial charge in [-0.3, -0.25) is 4.90 Å². The number of nitrogens with zero attached hydrogens (tertiary/aromatic N) is 3. The molecule has 36 heavy (non-hydrogen) atoms. The van der Waals surface area contributed by atoms with Crippen molar-refractivity contribution in [2.24, 2.45) is 13.0 Å². The Morgan fingerprint density at radius 2 is 1.75 bits per heavy atom. The Morgan fingerprint density at radius 1 is 1.06 bits per heavy atom. The van der Waals surface area contributed by atoms with Crippen molar-refractivity contribution >= 4 is 0 Å². The molecule has 6 nitrogen and oxygen atoms in total. The molecule has 8 heteroatoms. The van der Waals surface area contributed by atoms with E-state index in [1.807, 2.05) is 51.1 Å². The van der Waals surface area contributed by atoms with Crippen LogP contribution in [-0.2, 0) is 18.3 Å². The van der Waals surface area contributed by atoms with E-state index in [4.69, 9.17) is 9.47 Å². The number of halogens is 2. The zero-order valence-electron chi connectivity index (χ0n) is 22.0. The Kier molecular flexibility index (Phi) is 9.22.